The molecule has 2 aromatic rings. The minimum atomic E-state index is 0. The Morgan fingerprint density at radius 2 is 2.00 bits per heavy atom. The minimum Gasteiger partial charge on any atom is -0.520 e. The number of nitrogens with zero attached hydrogens (tertiary/aromatic N) is 3. The van der Waals surface area contributed by atoms with E-state index in [9.17, 15) is 4.79 Å². The maximum atomic E-state index is 10.3. The Balaban J connectivity index is 0.000000425. The van der Waals surface area contributed by atoms with Gasteiger partial charge in [0.25, 0.3) is 0 Å². The summed E-state index contributed by atoms with van der Waals surface area (Å²) in [6.45, 7) is 6.51. The molecule has 0 spiro atoms. The van der Waals surface area contributed by atoms with Gasteiger partial charge in [0, 0.05) is 52.0 Å². The Bertz CT molecular complexity index is 552. The molecule has 1 amide bonds. The molecule has 111 valence electrons. The zero-order valence-corrected chi connectivity index (χ0v) is 16.2. The molecule has 1 aromatic carbocycles. The third kappa shape index (κ3) is 6.53. The number of hydrogen-bond acceptors (Lipinski definition) is 2. The normalized spacial score (nSPS) is 9.19. The van der Waals surface area contributed by atoms with Crippen molar-refractivity contribution >= 4 is 6.41 Å². The molecule has 0 aliphatic rings. The van der Waals surface area contributed by atoms with Crippen molar-refractivity contribution in [3.63, 3.8) is 0 Å². The molecule has 0 unspecified atom stereocenters. The van der Waals surface area contributed by atoms with Crippen LogP contribution in [0.3, 0.4) is 0 Å². The smallest absolute Gasteiger partial charge is 0.125 e. The number of rotatable bonds is 3. The van der Waals surface area contributed by atoms with Crippen LogP contribution in [-0.4, -0.2) is 27.9 Å². The van der Waals surface area contributed by atoms with E-state index in [1.165, 1.54) is 10.5 Å². The predicted octanol–water partition coefficient (Wildman–Crippen LogP) is 2.33. The van der Waals surface area contributed by atoms with Crippen LogP contribution >= 0.6 is 0 Å². The van der Waals surface area contributed by atoms with Gasteiger partial charge in [0.05, 0.1) is 5.69 Å². The first-order valence-corrected chi connectivity index (χ1v) is 6.46. The Kier molecular flexibility index (Phi) is 9.39. The minimum absolute atomic E-state index is 0. The van der Waals surface area contributed by atoms with E-state index in [2.05, 4.69) is 11.1 Å². The monoisotopic (exact) mass is 360 g/mol. The molecule has 0 N–H and O–H groups in total. The molecule has 21 heavy (non-hydrogen) atoms. The summed E-state index contributed by atoms with van der Waals surface area (Å²) in [6, 6.07) is 10.9. The molecule has 0 atom stereocenters. The summed E-state index contributed by atoms with van der Waals surface area (Å²) >= 11 is 0. The van der Waals surface area contributed by atoms with Crippen molar-refractivity contribution in [1.82, 2.24) is 14.5 Å². The van der Waals surface area contributed by atoms with E-state index in [0.717, 1.165) is 17.2 Å². The first-order chi connectivity index (χ1) is 9.45. The van der Waals surface area contributed by atoms with Gasteiger partial charge in [0.2, 0.25) is 0 Å². The number of imidazole rings is 1. The van der Waals surface area contributed by atoms with Gasteiger partial charge in [-0.3, -0.25) is 0 Å². The zero-order chi connectivity index (χ0) is 15.1. The quantitative estimate of drug-likeness (QED) is 0.623. The number of aromatic nitrogens is 2. The van der Waals surface area contributed by atoms with Crippen LogP contribution < -0.4 is 0 Å². The van der Waals surface area contributed by atoms with Crippen LogP contribution in [0, 0.1) is 26.8 Å². The second-order valence-corrected chi connectivity index (χ2v) is 4.75. The van der Waals surface area contributed by atoms with Crippen LogP contribution in [-0.2, 0) is 51.1 Å². The average molecular weight is 360 g/mol. The molecule has 0 saturated carbocycles. The fraction of sp³-hybridized carbons (Fsp3) is 0.375. The van der Waals surface area contributed by atoms with Gasteiger partial charge < -0.3 is 14.3 Å². The summed E-state index contributed by atoms with van der Waals surface area (Å²) in [5.41, 5.74) is 3.34. The summed E-state index contributed by atoms with van der Waals surface area (Å²) in [6.07, 6.45) is 1.80. The van der Waals surface area contributed by atoms with Crippen molar-refractivity contribution in [2.24, 2.45) is 7.05 Å². The standard InChI is InChI=1S/C9H14N3O.C7H7.Y/c1-7-8(2)12(4)9(10-7)5-11(3)6-13;1-7-5-3-2-4-6-7;/h5H2,1-4H3;2-5H,1H3;/q2*-1;. The van der Waals surface area contributed by atoms with Crippen LogP contribution in [0.25, 0.3) is 0 Å². The van der Waals surface area contributed by atoms with Crippen LogP contribution in [0.15, 0.2) is 24.3 Å². The Labute approximate surface area is 152 Å². The van der Waals surface area contributed by atoms with Crippen LogP contribution in [0.2, 0.25) is 0 Å². The van der Waals surface area contributed by atoms with E-state index in [4.69, 9.17) is 0 Å². The molecule has 0 saturated heterocycles. The average Bonchev–Trinajstić information content (AvgIpc) is 2.68. The summed E-state index contributed by atoms with van der Waals surface area (Å²) in [7, 11) is 3.63. The maximum absolute atomic E-state index is 10.3. The van der Waals surface area contributed by atoms with E-state index in [1.54, 1.807) is 13.5 Å². The molecule has 1 radical (unpaired) electrons. The van der Waals surface area contributed by atoms with E-state index in [1.807, 2.05) is 56.7 Å². The first kappa shape index (κ1) is 20.0. The predicted molar refractivity (Wildman–Crippen MR) is 79.9 cm³/mol. The molecule has 4 nitrogen and oxygen atoms in total. The molecule has 2 rings (SSSR count). The van der Waals surface area contributed by atoms with Gasteiger partial charge in [0.15, 0.2) is 0 Å². The number of aryl methyl sites for hydroxylation is 2. The molecule has 5 heteroatoms. The Morgan fingerprint density at radius 3 is 2.33 bits per heavy atom. The number of hydrogen-bond donors (Lipinski definition) is 0. The first-order valence-electron chi connectivity index (χ1n) is 6.46. The molecule has 0 aliphatic carbocycles. The topological polar surface area (TPSA) is 38.1 Å². The molecule has 0 fully saturated rings. The molecular weight excluding hydrogens is 339 g/mol. The van der Waals surface area contributed by atoms with E-state index >= 15 is 0 Å². The SMILES string of the molecule is Cc1[c-]cccc1.Cc1nc(CN(C)[C-]=O)n(C)c1C.[Y]. The maximum Gasteiger partial charge on any atom is 0.125 e. The van der Waals surface area contributed by atoms with Gasteiger partial charge in [-0.1, -0.05) is 6.92 Å². The van der Waals surface area contributed by atoms with Crippen LogP contribution in [0.1, 0.15) is 22.8 Å². The van der Waals surface area contributed by atoms with Crippen molar-refractivity contribution in [2.45, 2.75) is 27.3 Å². The molecular formula is C16H21N3OY-2. The van der Waals surface area contributed by atoms with Crippen molar-refractivity contribution in [2.75, 3.05) is 7.05 Å². The summed E-state index contributed by atoms with van der Waals surface area (Å²) in [5.74, 6) is 0.890. The third-order valence-corrected chi connectivity index (χ3v) is 3.11. The van der Waals surface area contributed by atoms with Crippen LogP contribution in [0.4, 0.5) is 0 Å². The van der Waals surface area contributed by atoms with Crippen molar-refractivity contribution < 1.29 is 37.5 Å². The second kappa shape index (κ2) is 9.85. The van der Waals surface area contributed by atoms with Gasteiger partial charge in [0.1, 0.15) is 5.82 Å². The van der Waals surface area contributed by atoms with Gasteiger partial charge >= 0.3 is 0 Å². The zero-order valence-electron chi connectivity index (χ0n) is 13.3. The number of carbonyl (C=O) groups excluding carboxylic acids is 1. The Morgan fingerprint density at radius 1 is 1.33 bits per heavy atom. The number of benzene rings is 1. The van der Waals surface area contributed by atoms with Gasteiger partial charge in [-0.05, 0) is 20.9 Å². The van der Waals surface area contributed by atoms with E-state index < -0.39 is 0 Å². The Hall–Kier alpha value is -0.996. The van der Waals surface area contributed by atoms with Gasteiger partial charge in [-0.2, -0.15) is 42.3 Å². The second-order valence-electron chi connectivity index (χ2n) is 4.75. The summed E-state index contributed by atoms with van der Waals surface area (Å²) < 4.78 is 1.99. The summed E-state index contributed by atoms with van der Waals surface area (Å²) in [4.78, 5) is 16.1. The molecule has 0 aliphatic heterocycles. The van der Waals surface area contributed by atoms with E-state index in [0.29, 0.717) is 6.54 Å². The van der Waals surface area contributed by atoms with E-state index in [-0.39, 0.29) is 32.7 Å². The molecule has 0 bridgehead atoms. The van der Waals surface area contributed by atoms with Crippen molar-refractivity contribution in [1.29, 1.82) is 0 Å². The summed E-state index contributed by atoms with van der Waals surface area (Å²) in [5, 5.41) is 0. The van der Waals surface area contributed by atoms with Crippen molar-refractivity contribution in [3.05, 3.63) is 53.1 Å². The fourth-order valence-corrected chi connectivity index (χ4v) is 1.65. The molecule has 1 aromatic heterocycles. The van der Waals surface area contributed by atoms with Crippen molar-refractivity contribution in [3.8, 4) is 0 Å². The fourth-order valence-electron chi connectivity index (χ4n) is 1.65. The largest absolute Gasteiger partial charge is 0.520 e. The van der Waals surface area contributed by atoms with Gasteiger partial charge in [-0.25, -0.2) is 4.98 Å². The van der Waals surface area contributed by atoms with Gasteiger partial charge in [-0.15, -0.1) is 0 Å². The third-order valence-electron chi connectivity index (χ3n) is 3.11. The number of amides is 1. The molecule has 1 heterocycles. The van der Waals surface area contributed by atoms with Crippen LogP contribution in [0.5, 0.6) is 0 Å².